The maximum atomic E-state index is 4.37. The Labute approximate surface area is 114 Å². The molecule has 3 heteroatoms. The van der Waals surface area contributed by atoms with E-state index in [1.807, 2.05) is 0 Å². The lowest BCUT2D eigenvalue weighted by atomic mass is 9.78. The van der Waals surface area contributed by atoms with Crippen molar-refractivity contribution in [3.05, 3.63) is 34.9 Å². The highest BCUT2D eigenvalue weighted by Gasteiger charge is 2.29. The Morgan fingerprint density at radius 3 is 2.71 bits per heavy atom. The topological polar surface area (TPSA) is 12.0 Å². The van der Waals surface area contributed by atoms with Crippen LogP contribution in [0.3, 0.4) is 0 Å². The Hall–Kier alpha value is -0.120. The summed E-state index contributed by atoms with van der Waals surface area (Å²) < 4.78 is 0.0692. The molecule has 0 aromatic heterocycles. The lowest BCUT2D eigenvalue weighted by Crippen LogP contribution is -2.38. The fraction of sp³-hybridized carbons (Fsp3) is 0.571. The zero-order valence-electron chi connectivity index (χ0n) is 11.0. The lowest BCUT2D eigenvalue weighted by Gasteiger charge is -2.34. The van der Waals surface area contributed by atoms with Crippen LogP contribution >= 0.6 is 22.5 Å². The highest BCUT2D eigenvalue weighted by molar-refractivity contribution is 8.68. The summed E-state index contributed by atoms with van der Waals surface area (Å²) in [4.78, 5) is 0. The van der Waals surface area contributed by atoms with Crippen molar-refractivity contribution >= 4 is 22.5 Å². The Kier molecular flexibility index (Phi) is 3.54. The van der Waals surface area contributed by atoms with Gasteiger partial charge in [-0.05, 0) is 30.5 Å². The molecule has 1 aromatic carbocycles. The third-order valence-corrected chi connectivity index (χ3v) is 5.70. The van der Waals surface area contributed by atoms with Crippen molar-refractivity contribution < 1.29 is 0 Å². The molecule has 0 radical (unpaired) electrons. The predicted octanol–water partition coefficient (Wildman–Crippen LogP) is 3.88. The van der Waals surface area contributed by atoms with Crippen LogP contribution in [0.2, 0.25) is 0 Å². The van der Waals surface area contributed by atoms with E-state index in [4.69, 9.17) is 0 Å². The molecule has 0 amide bonds. The summed E-state index contributed by atoms with van der Waals surface area (Å²) in [6.45, 7) is 11.1. The second-order valence-electron chi connectivity index (χ2n) is 5.96. The smallest absolute Gasteiger partial charge is 0.0453 e. The fourth-order valence-electron chi connectivity index (χ4n) is 2.43. The van der Waals surface area contributed by atoms with Gasteiger partial charge in [-0.1, -0.05) is 42.8 Å². The van der Waals surface area contributed by atoms with E-state index in [0.29, 0.717) is 0 Å². The number of rotatable bonds is 2. The second-order valence-corrected chi connectivity index (χ2v) is 7.71. The molecular formula is C14H21NS2. The van der Waals surface area contributed by atoms with Crippen LogP contribution in [0.5, 0.6) is 0 Å². The second kappa shape index (κ2) is 4.52. The Morgan fingerprint density at radius 1 is 1.35 bits per heavy atom. The Balaban J connectivity index is 2.45. The molecule has 0 fully saturated rings. The van der Waals surface area contributed by atoms with Gasteiger partial charge >= 0.3 is 0 Å². The highest BCUT2D eigenvalue weighted by atomic mass is 33.1. The third kappa shape index (κ3) is 2.51. The lowest BCUT2D eigenvalue weighted by molar-refractivity contribution is 0.434. The Bertz CT molecular complexity index is 424. The summed E-state index contributed by atoms with van der Waals surface area (Å²) in [5.41, 5.74) is 4.52. The van der Waals surface area contributed by atoms with E-state index in [-0.39, 0.29) is 10.2 Å². The minimum atomic E-state index is 0.0692. The number of hydrogen-bond donors (Lipinski definition) is 2. The van der Waals surface area contributed by atoms with Crippen molar-refractivity contribution in [2.45, 2.75) is 44.4 Å². The van der Waals surface area contributed by atoms with Crippen molar-refractivity contribution in [1.82, 2.24) is 5.32 Å². The summed E-state index contributed by atoms with van der Waals surface area (Å²) >= 11 is 4.37. The Morgan fingerprint density at radius 2 is 2.06 bits per heavy atom. The van der Waals surface area contributed by atoms with E-state index in [2.05, 4.69) is 62.9 Å². The summed E-state index contributed by atoms with van der Waals surface area (Å²) in [6, 6.07) is 6.90. The van der Waals surface area contributed by atoms with E-state index in [1.54, 1.807) is 10.8 Å². The SMILES string of the molecule is CC1(C)CNCc2cc(C(C)(C)SS)ccc21. The number of fused-ring (bicyclic) bond motifs is 1. The molecule has 0 saturated carbocycles. The highest BCUT2D eigenvalue weighted by Crippen LogP contribution is 2.40. The van der Waals surface area contributed by atoms with E-state index in [0.717, 1.165) is 13.1 Å². The first kappa shape index (κ1) is 13.3. The average Bonchev–Trinajstić information content (AvgIpc) is 2.28. The first-order valence-corrected chi connectivity index (χ1v) is 7.91. The van der Waals surface area contributed by atoms with Crippen LogP contribution < -0.4 is 5.32 Å². The molecule has 1 heterocycles. The van der Waals surface area contributed by atoms with Crippen LogP contribution in [-0.4, -0.2) is 6.54 Å². The monoisotopic (exact) mass is 267 g/mol. The molecule has 1 nitrogen and oxygen atoms in total. The van der Waals surface area contributed by atoms with E-state index in [1.165, 1.54) is 16.7 Å². The van der Waals surface area contributed by atoms with Gasteiger partial charge in [0.1, 0.15) is 0 Å². The molecule has 0 saturated heterocycles. The van der Waals surface area contributed by atoms with Gasteiger partial charge in [0.05, 0.1) is 0 Å². The molecule has 0 atom stereocenters. The minimum Gasteiger partial charge on any atom is -0.312 e. The van der Waals surface area contributed by atoms with Gasteiger partial charge in [-0.2, -0.15) is 0 Å². The van der Waals surface area contributed by atoms with Gasteiger partial charge in [-0.3, -0.25) is 0 Å². The molecule has 2 rings (SSSR count). The van der Waals surface area contributed by atoms with Crippen molar-refractivity contribution in [2.24, 2.45) is 0 Å². The van der Waals surface area contributed by atoms with Crippen LogP contribution in [-0.2, 0) is 16.7 Å². The molecule has 94 valence electrons. The molecular weight excluding hydrogens is 246 g/mol. The van der Waals surface area contributed by atoms with Crippen LogP contribution in [0.1, 0.15) is 44.4 Å². The van der Waals surface area contributed by atoms with E-state index in [9.17, 15) is 0 Å². The van der Waals surface area contributed by atoms with Gasteiger partial charge in [-0.15, -0.1) is 11.7 Å². The van der Waals surface area contributed by atoms with Crippen molar-refractivity contribution in [3.8, 4) is 0 Å². The van der Waals surface area contributed by atoms with Crippen LogP contribution in [0, 0.1) is 0 Å². The first-order valence-electron chi connectivity index (χ1n) is 6.04. The molecule has 0 bridgehead atoms. The molecule has 17 heavy (non-hydrogen) atoms. The quantitative estimate of drug-likeness (QED) is 0.623. The minimum absolute atomic E-state index is 0.0692. The molecule has 0 aliphatic carbocycles. The van der Waals surface area contributed by atoms with Gasteiger partial charge in [0.25, 0.3) is 0 Å². The van der Waals surface area contributed by atoms with Crippen LogP contribution in [0.4, 0.5) is 0 Å². The number of nitrogens with one attached hydrogen (secondary N) is 1. The average molecular weight is 267 g/mol. The van der Waals surface area contributed by atoms with E-state index < -0.39 is 0 Å². The maximum absolute atomic E-state index is 4.37. The van der Waals surface area contributed by atoms with Gasteiger partial charge in [0.15, 0.2) is 0 Å². The van der Waals surface area contributed by atoms with E-state index >= 15 is 0 Å². The number of thiol groups is 1. The number of hydrogen-bond acceptors (Lipinski definition) is 3. The van der Waals surface area contributed by atoms with Crippen molar-refractivity contribution in [3.63, 3.8) is 0 Å². The van der Waals surface area contributed by atoms with Gasteiger partial charge in [-0.25, -0.2) is 0 Å². The summed E-state index contributed by atoms with van der Waals surface area (Å²) in [6.07, 6.45) is 0. The molecule has 0 unspecified atom stereocenters. The number of benzene rings is 1. The van der Waals surface area contributed by atoms with Gasteiger partial charge in [0, 0.05) is 23.3 Å². The molecule has 1 aromatic rings. The zero-order chi connectivity index (χ0) is 12.7. The zero-order valence-corrected chi connectivity index (χ0v) is 12.7. The molecule has 1 aliphatic rings. The summed E-state index contributed by atoms with van der Waals surface area (Å²) in [5, 5.41) is 3.50. The largest absolute Gasteiger partial charge is 0.312 e. The normalized spacial score (nSPS) is 18.9. The summed E-state index contributed by atoms with van der Waals surface area (Å²) in [7, 11) is 1.60. The molecule has 0 spiro atoms. The predicted molar refractivity (Wildman–Crippen MR) is 80.8 cm³/mol. The van der Waals surface area contributed by atoms with Crippen molar-refractivity contribution in [1.29, 1.82) is 0 Å². The summed E-state index contributed by atoms with van der Waals surface area (Å²) in [5.74, 6) is 0. The van der Waals surface area contributed by atoms with Gasteiger partial charge < -0.3 is 5.32 Å². The molecule has 1 aliphatic heterocycles. The van der Waals surface area contributed by atoms with Gasteiger partial charge in [0.2, 0.25) is 0 Å². The molecule has 1 N–H and O–H groups in total. The van der Waals surface area contributed by atoms with Crippen LogP contribution in [0.15, 0.2) is 18.2 Å². The van der Waals surface area contributed by atoms with Crippen LogP contribution in [0.25, 0.3) is 0 Å². The fourth-order valence-corrected chi connectivity index (χ4v) is 2.98. The maximum Gasteiger partial charge on any atom is 0.0453 e. The standard InChI is InChI=1S/C14H21NS2/c1-13(2)9-15-8-10-7-11(5-6-12(10)13)14(3,4)17-16/h5-7,15-16H,8-9H2,1-4H3. The first-order chi connectivity index (χ1) is 7.87. The third-order valence-electron chi connectivity index (χ3n) is 3.64. The van der Waals surface area contributed by atoms with Crippen molar-refractivity contribution in [2.75, 3.05) is 6.54 Å².